The largest absolute Gasteiger partial charge is 0.311 e. The third kappa shape index (κ3) is 4.83. The molecule has 4 rings (SSSR count). The van der Waals surface area contributed by atoms with Crippen molar-refractivity contribution < 1.29 is 9.18 Å². The van der Waals surface area contributed by atoms with Crippen molar-refractivity contribution in [1.29, 1.82) is 0 Å². The minimum Gasteiger partial charge on any atom is -0.311 e. The Morgan fingerprint density at radius 3 is 2.79 bits per heavy atom. The summed E-state index contributed by atoms with van der Waals surface area (Å²) in [6.07, 6.45) is 1.13. The summed E-state index contributed by atoms with van der Waals surface area (Å²) >= 11 is 3.14. The van der Waals surface area contributed by atoms with E-state index in [9.17, 15) is 9.18 Å². The van der Waals surface area contributed by atoms with Crippen LogP contribution in [-0.4, -0.2) is 26.4 Å². The van der Waals surface area contributed by atoms with E-state index in [1.165, 1.54) is 23.5 Å². The molecule has 0 bridgehead atoms. The highest BCUT2D eigenvalue weighted by Crippen LogP contribution is 2.27. The van der Waals surface area contributed by atoms with Gasteiger partial charge in [0.2, 0.25) is 11.0 Å². The molecular formula is C21H19FN4OS2. The number of amides is 1. The van der Waals surface area contributed by atoms with Crippen LogP contribution in [0.4, 0.5) is 10.2 Å². The predicted octanol–water partition coefficient (Wildman–Crippen LogP) is 5.44. The Bertz CT molecular complexity index is 1100. The molecule has 8 heteroatoms. The average molecular weight is 427 g/mol. The van der Waals surface area contributed by atoms with Gasteiger partial charge >= 0.3 is 0 Å². The summed E-state index contributed by atoms with van der Waals surface area (Å²) < 4.78 is 15.7. The molecule has 0 aliphatic rings. The van der Waals surface area contributed by atoms with Gasteiger partial charge < -0.3 is 5.32 Å². The molecule has 5 nitrogen and oxygen atoms in total. The van der Waals surface area contributed by atoms with Gasteiger partial charge in [0.25, 0.3) is 0 Å². The molecule has 1 N–H and O–H groups in total. The highest BCUT2D eigenvalue weighted by atomic mass is 32.2. The van der Waals surface area contributed by atoms with Gasteiger partial charge in [-0.3, -0.25) is 4.79 Å². The Kier molecular flexibility index (Phi) is 5.92. The minimum atomic E-state index is -0.242. The number of thiazole rings is 1. The summed E-state index contributed by atoms with van der Waals surface area (Å²) in [5.74, 6) is 1.10. The number of rotatable bonds is 7. The zero-order chi connectivity index (χ0) is 20.2. The van der Waals surface area contributed by atoms with E-state index in [1.54, 1.807) is 28.6 Å². The molecule has 2 aromatic heterocycles. The van der Waals surface area contributed by atoms with Crippen LogP contribution >= 0.6 is 23.1 Å². The van der Waals surface area contributed by atoms with Crippen LogP contribution in [0.1, 0.15) is 18.5 Å². The molecule has 0 aliphatic heterocycles. The van der Waals surface area contributed by atoms with Crippen LogP contribution in [0.2, 0.25) is 0 Å². The Morgan fingerprint density at radius 2 is 2.00 bits per heavy atom. The monoisotopic (exact) mass is 426 g/mol. The van der Waals surface area contributed by atoms with E-state index in [2.05, 4.69) is 15.4 Å². The number of aryl methyl sites for hydroxylation is 1. The number of benzene rings is 2. The average Bonchev–Trinajstić information content (AvgIpc) is 3.29. The lowest BCUT2D eigenvalue weighted by Gasteiger charge is -2.06. The topological polar surface area (TPSA) is 59.8 Å². The molecule has 29 heavy (non-hydrogen) atoms. The summed E-state index contributed by atoms with van der Waals surface area (Å²) in [6.45, 7) is 1.89. The maximum Gasteiger partial charge on any atom is 0.225 e. The maximum absolute atomic E-state index is 12.9. The fraction of sp³-hybridized carbons (Fsp3) is 0.190. The molecule has 2 aromatic carbocycles. The van der Waals surface area contributed by atoms with Crippen LogP contribution in [0.25, 0.3) is 15.3 Å². The summed E-state index contributed by atoms with van der Waals surface area (Å²) in [4.78, 5) is 18.0. The van der Waals surface area contributed by atoms with E-state index >= 15 is 0 Å². The first-order chi connectivity index (χ1) is 14.1. The van der Waals surface area contributed by atoms with Gasteiger partial charge in [0.1, 0.15) is 11.6 Å². The minimum absolute atomic E-state index is 0.0630. The van der Waals surface area contributed by atoms with E-state index in [0.29, 0.717) is 12.2 Å². The second-order valence-corrected chi connectivity index (χ2v) is 8.68. The molecule has 0 fully saturated rings. The summed E-state index contributed by atoms with van der Waals surface area (Å²) in [5, 5.41) is 8.16. The molecule has 1 amide bonds. The van der Waals surface area contributed by atoms with Gasteiger partial charge in [-0.05, 0) is 55.5 Å². The van der Waals surface area contributed by atoms with Crippen LogP contribution in [0.5, 0.6) is 0 Å². The van der Waals surface area contributed by atoms with E-state index < -0.39 is 0 Å². The van der Waals surface area contributed by atoms with Crippen molar-refractivity contribution in [1.82, 2.24) is 14.8 Å². The highest BCUT2D eigenvalue weighted by Gasteiger charge is 2.14. The van der Waals surface area contributed by atoms with Crippen molar-refractivity contribution >= 4 is 45.0 Å². The van der Waals surface area contributed by atoms with Crippen molar-refractivity contribution in [2.24, 2.45) is 0 Å². The Labute approximate surface area is 176 Å². The molecule has 148 valence electrons. The first kappa shape index (κ1) is 19.6. The molecule has 0 saturated carbocycles. The van der Waals surface area contributed by atoms with Crippen LogP contribution < -0.4 is 5.32 Å². The lowest BCUT2D eigenvalue weighted by atomic mass is 10.3. The zero-order valence-electron chi connectivity index (χ0n) is 15.8. The highest BCUT2D eigenvalue weighted by molar-refractivity contribution is 7.99. The number of hydrogen-bond donors (Lipinski definition) is 1. The Balaban J connectivity index is 1.36. The van der Waals surface area contributed by atoms with Crippen LogP contribution in [0.15, 0.2) is 59.5 Å². The van der Waals surface area contributed by atoms with Gasteiger partial charge in [0, 0.05) is 17.4 Å². The number of hydrogen-bond acceptors (Lipinski definition) is 5. The number of nitrogens with one attached hydrogen (secondary N) is 1. The number of fused-ring (bicyclic) bond motifs is 1. The summed E-state index contributed by atoms with van der Waals surface area (Å²) in [7, 11) is 0. The smallest absolute Gasteiger partial charge is 0.225 e. The molecule has 0 saturated heterocycles. The fourth-order valence-corrected chi connectivity index (χ4v) is 4.63. The van der Waals surface area contributed by atoms with Crippen molar-refractivity contribution in [3.05, 3.63) is 66.1 Å². The summed E-state index contributed by atoms with van der Waals surface area (Å²) in [6, 6.07) is 16.1. The number of para-hydroxylation sites is 1. The summed E-state index contributed by atoms with van der Waals surface area (Å²) in [5.41, 5.74) is 1.72. The fourth-order valence-electron chi connectivity index (χ4n) is 2.84. The van der Waals surface area contributed by atoms with Crippen molar-refractivity contribution in [3.63, 3.8) is 0 Å². The van der Waals surface area contributed by atoms with Crippen LogP contribution in [0.3, 0.4) is 0 Å². The second-order valence-electron chi connectivity index (χ2n) is 6.50. The third-order valence-corrected chi connectivity index (χ3v) is 6.30. The van der Waals surface area contributed by atoms with Crippen LogP contribution in [0, 0.1) is 12.7 Å². The first-order valence-electron chi connectivity index (χ1n) is 9.19. The molecule has 0 radical (unpaired) electrons. The van der Waals surface area contributed by atoms with Crippen LogP contribution in [-0.2, 0) is 4.79 Å². The van der Waals surface area contributed by atoms with Gasteiger partial charge in [0.05, 0.1) is 15.9 Å². The first-order valence-corrected chi connectivity index (χ1v) is 11.0. The normalized spacial score (nSPS) is 11.1. The van der Waals surface area contributed by atoms with Crippen molar-refractivity contribution in [2.75, 3.05) is 11.1 Å². The number of nitrogens with zero attached hydrogens (tertiary/aromatic N) is 3. The Hall–Kier alpha value is -2.71. The molecule has 0 aliphatic carbocycles. The molecule has 0 spiro atoms. The molecule has 0 atom stereocenters. The van der Waals surface area contributed by atoms with E-state index in [-0.39, 0.29) is 11.7 Å². The molecule has 2 heterocycles. The Morgan fingerprint density at radius 1 is 1.21 bits per heavy atom. The van der Waals surface area contributed by atoms with Crippen molar-refractivity contribution in [2.45, 2.75) is 24.7 Å². The number of aromatic nitrogens is 3. The second kappa shape index (κ2) is 8.75. The van der Waals surface area contributed by atoms with Crippen molar-refractivity contribution in [3.8, 4) is 5.13 Å². The quantitative estimate of drug-likeness (QED) is 0.316. The number of thioether (sulfide) groups is 1. The van der Waals surface area contributed by atoms with Gasteiger partial charge in [-0.1, -0.05) is 23.5 Å². The molecular weight excluding hydrogens is 407 g/mol. The number of anilines is 1. The number of halogens is 1. The van der Waals surface area contributed by atoms with Gasteiger partial charge in [-0.15, -0.1) is 11.8 Å². The predicted molar refractivity (Wildman–Crippen MR) is 116 cm³/mol. The molecule has 4 aromatic rings. The maximum atomic E-state index is 12.9. The number of carbonyl (C=O) groups excluding carboxylic acids is 1. The lowest BCUT2D eigenvalue weighted by Crippen LogP contribution is -2.14. The van der Waals surface area contributed by atoms with Gasteiger partial charge in [0.15, 0.2) is 0 Å². The molecule has 0 unspecified atom stereocenters. The van der Waals surface area contributed by atoms with E-state index in [4.69, 9.17) is 0 Å². The third-order valence-electron chi connectivity index (χ3n) is 4.19. The SMILES string of the molecule is Cc1cc(NC(=O)CCCSc2ccc(F)cc2)n(-c2nc3ccccc3s2)n1. The zero-order valence-corrected chi connectivity index (χ0v) is 17.4. The van der Waals surface area contributed by atoms with Gasteiger partial charge in [-0.25, -0.2) is 9.37 Å². The standard InChI is InChI=1S/C21H19FN4OS2/c1-14-13-19(26(25-14)21-23-17-5-2-3-6-18(17)29-21)24-20(27)7-4-12-28-16-10-8-15(22)9-11-16/h2-3,5-6,8-11,13H,4,7,12H2,1H3,(H,24,27). The lowest BCUT2D eigenvalue weighted by molar-refractivity contribution is -0.116. The number of carbonyl (C=O) groups is 1. The van der Waals surface area contributed by atoms with E-state index in [0.717, 1.165) is 38.1 Å². The van der Waals surface area contributed by atoms with Gasteiger partial charge in [-0.2, -0.15) is 9.78 Å². The van der Waals surface area contributed by atoms with E-state index in [1.807, 2.05) is 37.3 Å².